The van der Waals surface area contributed by atoms with E-state index in [9.17, 15) is 22.4 Å². The Bertz CT molecular complexity index is 1110. The smallest absolute Gasteiger partial charge is 0.394 e. The molecule has 0 aliphatic rings. The molecule has 0 bridgehead atoms. The quantitative estimate of drug-likeness (QED) is 0.240. The Morgan fingerprint density at radius 1 is 1.22 bits per heavy atom. The molecular formula is C20H19F4IN4O3. The molecule has 0 aliphatic carbocycles. The lowest BCUT2D eigenvalue weighted by Crippen LogP contribution is -2.27. The van der Waals surface area contributed by atoms with Gasteiger partial charge in [-0.3, -0.25) is 14.5 Å². The number of nitrogens with one attached hydrogen (secondary N) is 1. The lowest BCUT2D eigenvalue weighted by atomic mass is 10.1. The second-order valence-electron chi connectivity index (χ2n) is 7.08. The van der Waals surface area contributed by atoms with E-state index in [1.165, 1.54) is 35.1 Å². The molecule has 2 aromatic heterocycles. The summed E-state index contributed by atoms with van der Waals surface area (Å²) < 4.78 is 59.9. The van der Waals surface area contributed by atoms with Crippen molar-refractivity contribution in [3.8, 4) is 11.5 Å². The normalized spacial score (nSPS) is 13.1. The standard InChI is InChI=1S/C20H19F4IN4O3/c1-11(15-7-5-13(9-26-15)31-10-20(23,24)25)27-18(30)17-14-6-4-12(32-19(2,21)22)8-16(14)29(3)28-17/h4-9,11H,10H2,1-3H3,(H,27,30)/t11-/m1/s1. The molecule has 0 aliphatic heterocycles. The molecule has 0 saturated heterocycles. The van der Waals surface area contributed by atoms with Crippen LogP contribution in [0.5, 0.6) is 11.5 Å². The van der Waals surface area contributed by atoms with E-state index < -0.39 is 28.6 Å². The topological polar surface area (TPSA) is 78.3 Å². The van der Waals surface area contributed by atoms with Crippen molar-refractivity contribution >= 4 is 39.4 Å². The molecule has 1 aromatic carbocycles. The van der Waals surface area contributed by atoms with E-state index in [4.69, 9.17) is 4.74 Å². The van der Waals surface area contributed by atoms with Crippen LogP contribution in [0.1, 0.15) is 36.1 Å². The largest absolute Gasteiger partial charge is 0.485 e. The SMILES string of the molecule is C[C@@H](NC(=O)c1nn(C)c2cc(OC(C)(F)F)ccc12)c1ccc(OCC(F)(F)I)cn1. The maximum absolute atomic E-state index is 13.1. The van der Waals surface area contributed by atoms with Crippen LogP contribution >= 0.6 is 22.6 Å². The molecule has 0 unspecified atom stereocenters. The van der Waals surface area contributed by atoms with Crippen LogP contribution in [-0.4, -0.2) is 37.3 Å². The van der Waals surface area contributed by atoms with E-state index in [0.717, 1.165) is 22.6 Å². The van der Waals surface area contributed by atoms with Crippen molar-refractivity contribution in [3.63, 3.8) is 0 Å². The highest BCUT2D eigenvalue weighted by Gasteiger charge is 2.26. The average molecular weight is 566 g/mol. The summed E-state index contributed by atoms with van der Waals surface area (Å²) in [7, 11) is 1.58. The van der Waals surface area contributed by atoms with Crippen molar-refractivity contribution in [2.75, 3.05) is 6.61 Å². The first-order valence-corrected chi connectivity index (χ1v) is 10.4. The summed E-state index contributed by atoms with van der Waals surface area (Å²) in [6, 6.07) is 6.70. The van der Waals surface area contributed by atoms with Crippen molar-refractivity contribution in [3.05, 3.63) is 47.9 Å². The van der Waals surface area contributed by atoms with Crippen LogP contribution in [0.2, 0.25) is 0 Å². The van der Waals surface area contributed by atoms with Gasteiger partial charge >= 0.3 is 10.0 Å². The number of pyridine rings is 1. The molecule has 0 fully saturated rings. The second kappa shape index (κ2) is 9.08. The number of carbonyl (C=O) groups is 1. The molecule has 3 aromatic rings. The van der Waals surface area contributed by atoms with Gasteiger partial charge in [0.15, 0.2) is 12.3 Å². The van der Waals surface area contributed by atoms with Gasteiger partial charge in [0, 0.05) is 48.0 Å². The fourth-order valence-corrected chi connectivity index (χ4v) is 3.07. The van der Waals surface area contributed by atoms with Crippen molar-refractivity contribution in [2.45, 2.75) is 29.9 Å². The molecule has 12 heteroatoms. The third-order valence-electron chi connectivity index (χ3n) is 4.29. The zero-order valence-electron chi connectivity index (χ0n) is 17.2. The van der Waals surface area contributed by atoms with E-state index in [-0.39, 0.29) is 17.2 Å². The molecular weight excluding hydrogens is 547 g/mol. The van der Waals surface area contributed by atoms with Crippen molar-refractivity contribution in [1.82, 2.24) is 20.1 Å². The number of aromatic nitrogens is 3. The van der Waals surface area contributed by atoms with Gasteiger partial charge in [0.25, 0.3) is 5.91 Å². The van der Waals surface area contributed by atoms with Gasteiger partial charge < -0.3 is 14.8 Å². The molecule has 1 amide bonds. The number of carbonyl (C=O) groups excluding carboxylic acids is 1. The van der Waals surface area contributed by atoms with Crippen LogP contribution in [0, 0.1) is 0 Å². The minimum atomic E-state index is -3.34. The number of alkyl halides is 5. The number of ether oxygens (including phenoxy) is 2. The number of benzene rings is 1. The molecule has 0 saturated carbocycles. The highest BCUT2D eigenvalue weighted by molar-refractivity contribution is 14.1. The minimum absolute atomic E-state index is 0.0554. The Morgan fingerprint density at radius 3 is 2.50 bits per heavy atom. The van der Waals surface area contributed by atoms with Crippen molar-refractivity contribution < 1.29 is 31.8 Å². The zero-order valence-corrected chi connectivity index (χ0v) is 19.4. The molecule has 0 radical (unpaired) electrons. The van der Waals surface area contributed by atoms with Crippen LogP contribution in [-0.2, 0) is 7.05 Å². The third-order valence-corrected chi connectivity index (χ3v) is 4.60. The molecule has 172 valence electrons. The highest BCUT2D eigenvalue weighted by Crippen LogP contribution is 2.28. The molecule has 1 N–H and O–H groups in total. The summed E-state index contributed by atoms with van der Waals surface area (Å²) in [4.78, 5) is 16.9. The first-order valence-electron chi connectivity index (χ1n) is 9.32. The van der Waals surface area contributed by atoms with Gasteiger partial charge in [-0.1, -0.05) is 0 Å². The number of amides is 1. The number of aryl methyl sites for hydroxylation is 1. The number of fused-ring (bicyclic) bond motifs is 1. The molecule has 2 heterocycles. The fourth-order valence-electron chi connectivity index (χ4n) is 2.91. The van der Waals surface area contributed by atoms with E-state index in [2.05, 4.69) is 20.1 Å². The Morgan fingerprint density at radius 2 is 1.91 bits per heavy atom. The Hall–Kier alpha value is -2.64. The average Bonchev–Trinajstić information content (AvgIpc) is 3.01. The van der Waals surface area contributed by atoms with E-state index >= 15 is 0 Å². The summed E-state index contributed by atoms with van der Waals surface area (Å²) in [6.07, 6.45) is -2.05. The maximum Gasteiger partial charge on any atom is 0.394 e. The summed E-state index contributed by atoms with van der Waals surface area (Å²) >= 11 is 0.980. The van der Waals surface area contributed by atoms with Gasteiger partial charge in [0.1, 0.15) is 11.5 Å². The minimum Gasteiger partial charge on any atom is -0.485 e. The Labute approximate surface area is 194 Å². The molecule has 1 atom stereocenters. The van der Waals surface area contributed by atoms with E-state index in [0.29, 0.717) is 23.5 Å². The second-order valence-corrected chi connectivity index (χ2v) is 8.66. The molecule has 32 heavy (non-hydrogen) atoms. The Balaban J connectivity index is 1.72. The van der Waals surface area contributed by atoms with Crippen LogP contribution < -0.4 is 14.8 Å². The monoisotopic (exact) mass is 566 g/mol. The number of nitrogens with zero attached hydrogens (tertiary/aromatic N) is 3. The fraction of sp³-hybridized carbons (Fsp3) is 0.350. The summed E-state index contributed by atoms with van der Waals surface area (Å²) in [6.45, 7) is 1.54. The number of rotatable bonds is 8. The van der Waals surface area contributed by atoms with Crippen LogP contribution in [0.15, 0.2) is 36.5 Å². The van der Waals surface area contributed by atoms with Gasteiger partial charge in [0.05, 0.1) is 23.4 Å². The lowest BCUT2D eigenvalue weighted by molar-refractivity contribution is -0.158. The van der Waals surface area contributed by atoms with Crippen LogP contribution in [0.4, 0.5) is 17.6 Å². The first-order chi connectivity index (χ1) is 14.8. The van der Waals surface area contributed by atoms with Gasteiger partial charge in [-0.15, -0.1) is 0 Å². The van der Waals surface area contributed by atoms with E-state index in [1.54, 1.807) is 20.0 Å². The predicted molar refractivity (Wildman–Crippen MR) is 117 cm³/mol. The number of halogens is 5. The van der Waals surface area contributed by atoms with Gasteiger partial charge in [0.2, 0.25) is 0 Å². The van der Waals surface area contributed by atoms with Crippen LogP contribution in [0.3, 0.4) is 0 Å². The van der Waals surface area contributed by atoms with Gasteiger partial charge in [-0.25, -0.2) is 0 Å². The maximum atomic E-state index is 13.1. The van der Waals surface area contributed by atoms with Crippen LogP contribution in [0.25, 0.3) is 10.9 Å². The lowest BCUT2D eigenvalue weighted by Gasteiger charge is -2.14. The molecule has 7 nitrogen and oxygen atoms in total. The molecule has 3 rings (SSSR count). The third kappa shape index (κ3) is 6.20. The van der Waals surface area contributed by atoms with Crippen molar-refractivity contribution in [1.29, 1.82) is 0 Å². The van der Waals surface area contributed by atoms with Crippen molar-refractivity contribution in [2.24, 2.45) is 7.05 Å². The van der Waals surface area contributed by atoms with Gasteiger partial charge in [-0.05, 0) is 31.2 Å². The summed E-state index contributed by atoms with van der Waals surface area (Å²) in [5, 5.41) is 7.40. The summed E-state index contributed by atoms with van der Waals surface area (Å²) in [5.41, 5.74) is 1.03. The summed E-state index contributed by atoms with van der Waals surface area (Å²) in [5.74, 6) is -0.376. The van der Waals surface area contributed by atoms with Gasteiger partial charge in [-0.2, -0.15) is 22.7 Å². The first kappa shape index (κ1) is 24.0. The molecule has 0 spiro atoms. The number of hydrogen-bond acceptors (Lipinski definition) is 5. The number of hydrogen-bond donors (Lipinski definition) is 1. The predicted octanol–water partition coefficient (Wildman–Crippen LogP) is 4.86. The van der Waals surface area contributed by atoms with E-state index in [1.807, 2.05) is 0 Å². The zero-order chi connectivity index (χ0) is 23.7. The Kier molecular flexibility index (Phi) is 6.81. The highest BCUT2D eigenvalue weighted by atomic mass is 127.